The molecule has 84 valence electrons. The van der Waals surface area contributed by atoms with Gasteiger partial charge in [-0.2, -0.15) is 0 Å². The topological polar surface area (TPSA) is 43.8 Å². The van der Waals surface area contributed by atoms with E-state index in [0.29, 0.717) is 6.54 Å². The molecule has 0 atom stereocenters. The summed E-state index contributed by atoms with van der Waals surface area (Å²) < 4.78 is 2.40. The molecule has 3 rings (SSSR count). The predicted octanol–water partition coefficient (Wildman–Crippen LogP) is 1.87. The van der Waals surface area contributed by atoms with E-state index in [1.54, 1.807) is 0 Å². The van der Waals surface area contributed by atoms with Gasteiger partial charge in [0.05, 0.1) is 5.69 Å². The normalized spacial score (nSPS) is 15.3. The van der Waals surface area contributed by atoms with Crippen LogP contribution in [0, 0.1) is 0 Å². The van der Waals surface area contributed by atoms with Gasteiger partial charge in [-0.25, -0.2) is 0 Å². The van der Waals surface area contributed by atoms with Crippen LogP contribution in [0.5, 0.6) is 0 Å². The lowest BCUT2D eigenvalue weighted by atomic mass is 10.0. The summed E-state index contributed by atoms with van der Waals surface area (Å²) in [6, 6.07) is 2.11. The number of hydrogen-bond donors (Lipinski definition) is 1. The van der Waals surface area contributed by atoms with Gasteiger partial charge in [-0.1, -0.05) is 0 Å². The van der Waals surface area contributed by atoms with Crippen LogP contribution in [0.3, 0.4) is 0 Å². The highest BCUT2D eigenvalue weighted by atomic mass is 15.0. The molecular weight excluding hydrogens is 198 g/mol. The maximum absolute atomic E-state index is 5.65. The predicted molar refractivity (Wildman–Crippen MR) is 65.4 cm³/mol. The van der Waals surface area contributed by atoms with Crippen LogP contribution in [0.25, 0.3) is 10.8 Å². The maximum atomic E-state index is 5.65. The molecule has 0 saturated carbocycles. The Morgan fingerprint density at radius 3 is 3.19 bits per heavy atom. The van der Waals surface area contributed by atoms with E-state index in [9.17, 15) is 0 Å². The van der Waals surface area contributed by atoms with Crippen LogP contribution in [0.2, 0.25) is 0 Å². The van der Waals surface area contributed by atoms with Crippen molar-refractivity contribution in [3.8, 4) is 0 Å². The average molecular weight is 215 g/mol. The lowest BCUT2D eigenvalue weighted by Gasteiger charge is -2.15. The number of pyridine rings is 1. The van der Waals surface area contributed by atoms with Crippen molar-refractivity contribution in [3.63, 3.8) is 0 Å². The van der Waals surface area contributed by atoms with Crippen molar-refractivity contribution in [3.05, 3.63) is 29.8 Å². The molecule has 2 aromatic rings. The van der Waals surface area contributed by atoms with Gasteiger partial charge in [0, 0.05) is 41.8 Å². The second-order valence-electron chi connectivity index (χ2n) is 4.49. The number of aromatic nitrogens is 2. The van der Waals surface area contributed by atoms with E-state index in [0.717, 1.165) is 13.0 Å². The molecular formula is C13H17N3. The molecule has 3 heterocycles. The molecule has 0 saturated heterocycles. The number of rotatable bonds is 2. The summed E-state index contributed by atoms with van der Waals surface area (Å²) in [6.07, 6.45) is 8.84. The van der Waals surface area contributed by atoms with E-state index in [1.165, 1.54) is 41.4 Å². The van der Waals surface area contributed by atoms with Crippen LogP contribution in [-0.2, 0) is 19.4 Å². The van der Waals surface area contributed by atoms with Gasteiger partial charge in [-0.15, -0.1) is 0 Å². The van der Waals surface area contributed by atoms with Crippen LogP contribution in [0.4, 0.5) is 0 Å². The maximum Gasteiger partial charge on any atom is 0.0512 e. The Hall–Kier alpha value is -1.35. The summed E-state index contributed by atoms with van der Waals surface area (Å²) in [5.41, 5.74) is 8.30. The highest BCUT2D eigenvalue weighted by molar-refractivity contribution is 5.87. The Morgan fingerprint density at radius 2 is 2.31 bits per heavy atom. The summed E-state index contributed by atoms with van der Waals surface area (Å²) in [5.74, 6) is 0. The van der Waals surface area contributed by atoms with E-state index in [1.807, 2.05) is 6.20 Å². The monoisotopic (exact) mass is 215 g/mol. The van der Waals surface area contributed by atoms with E-state index in [2.05, 4.69) is 21.8 Å². The van der Waals surface area contributed by atoms with Crippen LogP contribution in [0.1, 0.15) is 24.2 Å². The number of aryl methyl sites for hydroxylation is 2. The summed E-state index contributed by atoms with van der Waals surface area (Å²) in [7, 11) is 0. The van der Waals surface area contributed by atoms with Crippen molar-refractivity contribution in [2.24, 2.45) is 5.73 Å². The molecule has 16 heavy (non-hydrogen) atoms. The van der Waals surface area contributed by atoms with Crippen LogP contribution in [0.15, 0.2) is 18.5 Å². The first-order valence-electron chi connectivity index (χ1n) is 6.06. The molecule has 0 fully saturated rings. The molecule has 0 bridgehead atoms. The van der Waals surface area contributed by atoms with Crippen molar-refractivity contribution in [2.75, 3.05) is 6.54 Å². The van der Waals surface area contributed by atoms with Gasteiger partial charge in [0.1, 0.15) is 0 Å². The lowest BCUT2D eigenvalue weighted by Crippen LogP contribution is -2.10. The highest BCUT2D eigenvalue weighted by Crippen LogP contribution is 2.28. The molecule has 2 aromatic heterocycles. The summed E-state index contributed by atoms with van der Waals surface area (Å²) >= 11 is 0. The van der Waals surface area contributed by atoms with Crippen molar-refractivity contribution in [1.82, 2.24) is 9.55 Å². The second-order valence-corrected chi connectivity index (χ2v) is 4.49. The van der Waals surface area contributed by atoms with Crippen molar-refractivity contribution in [1.29, 1.82) is 0 Å². The van der Waals surface area contributed by atoms with Gasteiger partial charge in [-0.05, 0) is 31.9 Å². The molecule has 0 amide bonds. The Balaban J connectivity index is 2.23. The largest absolute Gasteiger partial charge is 0.350 e. The van der Waals surface area contributed by atoms with Crippen LogP contribution < -0.4 is 5.73 Å². The van der Waals surface area contributed by atoms with Gasteiger partial charge in [0.15, 0.2) is 0 Å². The molecule has 3 nitrogen and oxygen atoms in total. The van der Waals surface area contributed by atoms with Crippen molar-refractivity contribution in [2.45, 2.75) is 32.2 Å². The molecule has 3 heteroatoms. The van der Waals surface area contributed by atoms with Gasteiger partial charge < -0.3 is 10.3 Å². The number of nitrogens with zero attached hydrogens (tertiary/aromatic N) is 2. The molecule has 0 spiro atoms. The molecule has 0 radical (unpaired) electrons. The summed E-state index contributed by atoms with van der Waals surface area (Å²) in [5, 5.41) is 2.70. The summed E-state index contributed by atoms with van der Waals surface area (Å²) in [4.78, 5) is 4.48. The number of fused-ring (bicyclic) bond motifs is 3. The first kappa shape index (κ1) is 9.85. The van der Waals surface area contributed by atoms with Gasteiger partial charge in [0.2, 0.25) is 0 Å². The van der Waals surface area contributed by atoms with E-state index < -0.39 is 0 Å². The fourth-order valence-electron chi connectivity index (χ4n) is 2.72. The number of hydrogen-bond acceptors (Lipinski definition) is 2. The fourth-order valence-corrected chi connectivity index (χ4v) is 2.72. The Kier molecular flexibility index (Phi) is 2.40. The van der Waals surface area contributed by atoms with Gasteiger partial charge in [-0.3, -0.25) is 4.98 Å². The fraction of sp³-hybridized carbons (Fsp3) is 0.462. The smallest absolute Gasteiger partial charge is 0.0512 e. The summed E-state index contributed by atoms with van der Waals surface area (Å²) in [6.45, 7) is 1.84. The zero-order valence-corrected chi connectivity index (χ0v) is 9.45. The van der Waals surface area contributed by atoms with E-state index >= 15 is 0 Å². The first-order chi connectivity index (χ1) is 7.90. The first-order valence-corrected chi connectivity index (χ1v) is 6.06. The van der Waals surface area contributed by atoms with Crippen molar-refractivity contribution < 1.29 is 0 Å². The lowest BCUT2D eigenvalue weighted by molar-refractivity contribution is 0.536. The highest BCUT2D eigenvalue weighted by Gasteiger charge is 2.15. The van der Waals surface area contributed by atoms with Crippen molar-refractivity contribution >= 4 is 10.8 Å². The zero-order valence-electron chi connectivity index (χ0n) is 9.45. The Morgan fingerprint density at radius 1 is 1.38 bits per heavy atom. The molecule has 0 aliphatic carbocycles. The third-order valence-electron chi connectivity index (χ3n) is 3.44. The van der Waals surface area contributed by atoms with E-state index in [-0.39, 0.29) is 0 Å². The van der Waals surface area contributed by atoms with Gasteiger partial charge in [0.25, 0.3) is 0 Å². The third-order valence-corrected chi connectivity index (χ3v) is 3.44. The Bertz CT molecular complexity index is 513. The minimum absolute atomic E-state index is 0.677. The SMILES string of the molecule is NCCc1nccc2cn3c(c12)CCCC3. The quantitative estimate of drug-likeness (QED) is 0.831. The van der Waals surface area contributed by atoms with E-state index in [4.69, 9.17) is 5.73 Å². The molecule has 0 unspecified atom stereocenters. The zero-order chi connectivity index (χ0) is 11.0. The minimum atomic E-state index is 0.677. The third kappa shape index (κ3) is 1.43. The molecule has 1 aliphatic rings. The van der Waals surface area contributed by atoms with Crippen LogP contribution >= 0.6 is 0 Å². The molecule has 1 aliphatic heterocycles. The average Bonchev–Trinajstić information content (AvgIpc) is 2.68. The minimum Gasteiger partial charge on any atom is -0.350 e. The second kappa shape index (κ2) is 3.91. The molecule has 2 N–H and O–H groups in total. The van der Waals surface area contributed by atoms with Crippen LogP contribution in [-0.4, -0.2) is 16.1 Å². The number of nitrogens with two attached hydrogens (primary N) is 1. The standard InChI is InChI=1S/C13H17N3/c14-6-4-11-13-10(5-7-15-11)9-16-8-2-1-3-12(13)16/h5,7,9H,1-4,6,8,14H2. The molecule has 0 aromatic carbocycles. The Labute approximate surface area is 95.3 Å². The van der Waals surface area contributed by atoms with Gasteiger partial charge >= 0.3 is 0 Å².